The molecular formula is C23H31N5OS. The molecule has 3 N–H and O–H groups in total. The Morgan fingerprint density at radius 3 is 2.67 bits per heavy atom. The highest BCUT2D eigenvalue weighted by molar-refractivity contribution is 7.21. The van der Waals surface area contributed by atoms with Gasteiger partial charge in [0.25, 0.3) is 0 Å². The summed E-state index contributed by atoms with van der Waals surface area (Å²) in [7, 11) is 0. The Kier molecular flexibility index (Phi) is 5.68. The summed E-state index contributed by atoms with van der Waals surface area (Å²) in [6, 6.07) is 8.43. The van der Waals surface area contributed by atoms with E-state index < -0.39 is 0 Å². The van der Waals surface area contributed by atoms with Crippen LogP contribution < -0.4 is 10.6 Å². The minimum absolute atomic E-state index is 0.144. The number of nitrogens with one attached hydrogen (secondary N) is 2. The molecule has 3 unspecified atom stereocenters. The molecule has 1 aliphatic rings. The van der Waals surface area contributed by atoms with E-state index in [2.05, 4.69) is 44.4 Å². The number of benzene rings is 1. The van der Waals surface area contributed by atoms with Gasteiger partial charge in [-0.3, -0.25) is 0 Å². The zero-order valence-electron chi connectivity index (χ0n) is 18.4. The largest absolute Gasteiger partial charge is 0.396 e. The number of aliphatic hydroxyl groups is 1. The molecule has 6 nitrogen and oxygen atoms in total. The van der Waals surface area contributed by atoms with Crippen LogP contribution in [0.4, 0.5) is 11.8 Å². The van der Waals surface area contributed by atoms with E-state index >= 15 is 0 Å². The van der Waals surface area contributed by atoms with Crippen molar-refractivity contribution in [3.63, 3.8) is 0 Å². The minimum atomic E-state index is -0.144. The first-order valence-corrected chi connectivity index (χ1v) is 11.5. The van der Waals surface area contributed by atoms with Crippen LogP contribution in [0.3, 0.4) is 0 Å². The molecule has 0 aliphatic heterocycles. The van der Waals surface area contributed by atoms with E-state index in [-0.39, 0.29) is 18.2 Å². The molecule has 3 aromatic rings. The Bertz CT molecular complexity index is 1020. The summed E-state index contributed by atoms with van der Waals surface area (Å²) < 4.78 is 1.16. The molecule has 0 radical (unpaired) electrons. The number of anilines is 2. The second-order valence-corrected chi connectivity index (χ2v) is 9.99. The third kappa shape index (κ3) is 3.88. The van der Waals surface area contributed by atoms with Gasteiger partial charge in [0.05, 0.1) is 21.5 Å². The highest BCUT2D eigenvalue weighted by Crippen LogP contribution is 2.44. The monoisotopic (exact) mass is 425 g/mol. The molecule has 0 saturated heterocycles. The van der Waals surface area contributed by atoms with E-state index in [4.69, 9.17) is 15.0 Å². The van der Waals surface area contributed by atoms with Crippen molar-refractivity contribution >= 4 is 33.3 Å². The summed E-state index contributed by atoms with van der Waals surface area (Å²) >= 11 is 1.67. The van der Waals surface area contributed by atoms with Gasteiger partial charge in [-0.15, -0.1) is 11.3 Å². The maximum atomic E-state index is 9.76. The molecule has 3 atom stereocenters. The lowest BCUT2D eigenvalue weighted by atomic mass is 9.86. The van der Waals surface area contributed by atoms with Gasteiger partial charge in [-0.25, -0.2) is 9.97 Å². The first-order chi connectivity index (χ1) is 14.3. The smallest absolute Gasteiger partial charge is 0.225 e. The number of hydrogen-bond acceptors (Lipinski definition) is 7. The van der Waals surface area contributed by atoms with Crippen LogP contribution in [0.15, 0.2) is 24.3 Å². The SMILES string of the molecule is Cc1nc(NC(C)C)nc(NC2(C)CCC(CO)C2C)c1-c1nc2ccccc2s1. The summed E-state index contributed by atoms with van der Waals surface area (Å²) in [6.45, 7) is 10.9. The molecule has 4 rings (SSSR count). The van der Waals surface area contributed by atoms with E-state index in [0.29, 0.717) is 17.8 Å². The zero-order chi connectivity index (χ0) is 21.5. The molecule has 160 valence electrons. The van der Waals surface area contributed by atoms with Gasteiger partial charge in [0.15, 0.2) is 0 Å². The quantitative estimate of drug-likeness (QED) is 0.510. The van der Waals surface area contributed by atoms with Gasteiger partial charge < -0.3 is 15.7 Å². The van der Waals surface area contributed by atoms with Crippen LogP contribution in [0.5, 0.6) is 0 Å². The molecular weight excluding hydrogens is 394 g/mol. The topological polar surface area (TPSA) is 83.0 Å². The molecule has 1 saturated carbocycles. The maximum Gasteiger partial charge on any atom is 0.225 e. The third-order valence-corrected chi connectivity index (χ3v) is 7.45. The third-order valence-electron chi connectivity index (χ3n) is 6.40. The Balaban J connectivity index is 1.81. The van der Waals surface area contributed by atoms with E-state index in [1.165, 1.54) is 0 Å². The second-order valence-electron chi connectivity index (χ2n) is 8.95. The number of hydrogen-bond donors (Lipinski definition) is 3. The van der Waals surface area contributed by atoms with Gasteiger partial charge in [0.1, 0.15) is 10.8 Å². The molecule has 30 heavy (non-hydrogen) atoms. The Morgan fingerprint density at radius 1 is 1.23 bits per heavy atom. The maximum absolute atomic E-state index is 9.76. The average Bonchev–Trinajstić information content (AvgIpc) is 3.22. The van der Waals surface area contributed by atoms with Gasteiger partial charge in [-0.05, 0) is 64.5 Å². The van der Waals surface area contributed by atoms with Crippen molar-refractivity contribution in [2.24, 2.45) is 11.8 Å². The number of para-hydroxylation sites is 1. The average molecular weight is 426 g/mol. The normalized spacial score (nSPS) is 24.0. The molecule has 0 bridgehead atoms. The van der Waals surface area contributed by atoms with Crippen molar-refractivity contribution < 1.29 is 5.11 Å². The highest BCUT2D eigenvalue weighted by Gasteiger charge is 2.42. The molecule has 2 heterocycles. The fourth-order valence-electron chi connectivity index (χ4n) is 4.40. The minimum Gasteiger partial charge on any atom is -0.396 e. The first kappa shape index (κ1) is 21.0. The van der Waals surface area contributed by atoms with E-state index in [9.17, 15) is 5.11 Å². The van der Waals surface area contributed by atoms with Crippen LogP contribution in [-0.4, -0.2) is 38.2 Å². The first-order valence-electron chi connectivity index (χ1n) is 10.7. The van der Waals surface area contributed by atoms with Gasteiger partial charge in [0, 0.05) is 18.2 Å². The van der Waals surface area contributed by atoms with Crippen molar-refractivity contribution in [3.8, 4) is 10.6 Å². The van der Waals surface area contributed by atoms with Crippen molar-refractivity contribution in [1.82, 2.24) is 15.0 Å². The van der Waals surface area contributed by atoms with Crippen LogP contribution >= 0.6 is 11.3 Å². The molecule has 0 spiro atoms. The van der Waals surface area contributed by atoms with Crippen LogP contribution in [0.1, 0.15) is 46.2 Å². The Morgan fingerprint density at radius 2 is 2.00 bits per heavy atom. The number of aliphatic hydroxyl groups excluding tert-OH is 1. The summed E-state index contributed by atoms with van der Waals surface area (Å²) in [5.74, 6) is 2.09. The van der Waals surface area contributed by atoms with Crippen LogP contribution in [-0.2, 0) is 0 Å². The van der Waals surface area contributed by atoms with E-state index in [1.807, 2.05) is 25.1 Å². The van der Waals surface area contributed by atoms with Gasteiger partial charge >= 0.3 is 0 Å². The Hall–Kier alpha value is -2.25. The zero-order valence-corrected chi connectivity index (χ0v) is 19.2. The van der Waals surface area contributed by atoms with Gasteiger partial charge in [-0.1, -0.05) is 19.1 Å². The van der Waals surface area contributed by atoms with Gasteiger partial charge in [0.2, 0.25) is 5.95 Å². The number of thiazole rings is 1. The fourth-order valence-corrected chi connectivity index (χ4v) is 5.46. The van der Waals surface area contributed by atoms with Crippen molar-refractivity contribution in [3.05, 3.63) is 30.0 Å². The van der Waals surface area contributed by atoms with E-state index in [0.717, 1.165) is 45.1 Å². The number of rotatable bonds is 6. The number of aryl methyl sites for hydroxylation is 1. The van der Waals surface area contributed by atoms with Crippen LogP contribution in [0.2, 0.25) is 0 Å². The molecule has 1 fully saturated rings. The van der Waals surface area contributed by atoms with Crippen molar-refractivity contribution in [2.75, 3.05) is 17.2 Å². The Labute approximate surface area is 182 Å². The van der Waals surface area contributed by atoms with Crippen LogP contribution in [0.25, 0.3) is 20.8 Å². The summed E-state index contributed by atoms with van der Waals surface area (Å²) in [6.07, 6.45) is 2.01. The van der Waals surface area contributed by atoms with Gasteiger partial charge in [-0.2, -0.15) is 4.98 Å². The predicted molar refractivity (Wildman–Crippen MR) is 125 cm³/mol. The fraction of sp³-hybridized carbons (Fsp3) is 0.522. The second kappa shape index (κ2) is 8.12. The van der Waals surface area contributed by atoms with Crippen molar-refractivity contribution in [2.45, 2.75) is 59.0 Å². The lowest BCUT2D eigenvalue weighted by Gasteiger charge is -2.34. The molecule has 0 amide bonds. The molecule has 7 heteroatoms. The summed E-state index contributed by atoms with van der Waals surface area (Å²) in [5, 5.41) is 17.8. The number of nitrogens with zero attached hydrogens (tertiary/aromatic N) is 3. The number of aromatic nitrogens is 3. The standard InChI is InChI=1S/C23H31N5OS/c1-13(2)24-22-25-15(4)19(21-26-17-8-6-7-9-18(17)30-21)20(27-22)28-23(5)11-10-16(12-29)14(23)3/h6-9,13-14,16,29H,10-12H2,1-5H3,(H2,24,25,27,28). The lowest BCUT2D eigenvalue weighted by Crippen LogP contribution is -2.40. The van der Waals surface area contributed by atoms with Crippen LogP contribution in [0, 0.1) is 18.8 Å². The van der Waals surface area contributed by atoms with Crippen molar-refractivity contribution in [1.29, 1.82) is 0 Å². The molecule has 2 aromatic heterocycles. The predicted octanol–water partition coefficient (Wildman–Crippen LogP) is 5.09. The number of fused-ring (bicyclic) bond motifs is 1. The van der Waals surface area contributed by atoms with E-state index in [1.54, 1.807) is 11.3 Å². The molecule has 1 aliphatic carbocycles. The summed E-state index contributed by atoms with van der Waals surface area (Å²) in [4.78, 5) is 14.5. The highest BCUT2D eigenvalue weighted by atomic mass is 32.1. The summed E-state index contributed by atoms with van der Waals surface area (Å²) in [5.41, 5.74) is 2.72. The lowest BCUT2D eigenvalue weighted by molar-refractivity contribution is 0.187. The molecule has 1 aromatic carbocycles.